The summed E-state index contributed by atoms with van der Waals surface area (Å²) in [6, 6.07) is 11.3. The van der Waals surface area contributed by atoms with E-state index < -0.39 is 0 Å². The molecule has 0 aliphatic carbocycles. The Kier molecular flexibility index (Phi) is 6.79. The predicted octanol–water partition coefficient (Wildman–Crippen LogP) is 4.51. The molecule has 0 atom stereocenters. The minimum Gasteiger partial charge on any atom is -0.477 e. The van der Waals surface area contributed by atoms with Gasteiger partial charge in [-0.1, -0.05) is 42.8 Å². The van der Waals surface area contributed by atoms with Crippen LogP contribution in [0.4, 0.5) is 0 Å². The Labute approximate surface area is 167 Å². The van der Waals surface area contributed by atoms with Crippen molar-refractivity contribution >= 4 is 28.8 Å². The molecule has 0 bridgehead atoms. The largest absolute Gasteiger partial charge is 0.477 e. The fraction of sp³-hybridized carbons (Fsp3) is 0.250. The van der Waals surface area contributed by atoms with Gasteiger partial charge in [0.2, 0.25) is 11.8 Å². The standard InChI is InChI=1S/C20H20ClN3O2S/c1-2-10-26-19-14(6-5-9-22-19)12-23-18(25)11-15-13-27-20(24-15)16-7-3-4-8-17(16)21/h3-9,13H,2,10-12H2,1H3,(H,23,25). The van der Waals surface area contributed by atoms with E-state index in [0.29, 0.717) is 24.1 Å². The summed E-state index contributed by atoms with van der Waals surface area (Å²) < 4.78 is 5.61. The molecule has 5 nitrogen and oxygen atoms in total. The molecule has 0 spiro atoms. The van der Waals surface area contributed by atoms with Gasteiger partial charge in [0.25, 0.3) is 0 Å². The fourth-order valence-corrected chi connectivity index (χ4v) is 3.59. The third kappa shape index (κ3) is 5.28. The fourth-order valence-electron chi connectivity index (χ4n) is 2.45. The van der Waals surface area contributed by atoms with Crippen molar-refractivity contribution in [1.82, 2.24) is 15.3 Å². The molecule has 0 saturated carbocycles. The smallest absolute Gasteiger partial charge is 0.226 e. The van der Waals surface area contributed by atoms with Gasteiger partial charge in [0.15, 0.2) is 0 Å². The highest BCUT2D eigenvalue weighted by Gasteiger charge is 2.12. The number of aromatic nitrogens is 2. The second-order valence-electron chi connectivity index (χ2n) is 5.89. The van der Waals surface area contributed by atoms with Crippen LogP contribution < -0.4 is 10.1 Å². The minimum atomic E-state index is -0.101. The molecule has 2 aromatic heterocycles. The molecular formula is C20H20ClN3O2S. The van der Waals surface area contributed by atoms with E-state index >= 15 is 0 Å². The molecule has 0 aliphatic rings. The summed E-state index contributed by atoms with van der Waals surface area (Å²) in [5.41, 5.74) is 2.46. The van der Waals surface area contributed by atoms with Crippen LogP contribution in [-0.4, -0.2) is 22.5 Å². The zero-order valence-corrected chi connectivity index (χ0v) is 16.5. The van der Waals surface area contributed by atoms with E-state index in [1.54, 1.807) is 6.20 Å². The van der Waals surface area contributed by atoms with Gasteiger partial charge < -0.3 is 10.1 Å². The lowest BCUT2D eigenvalue weighted by Crippen LogP contribution is -2.25. The highest BCUT2D eigenvalue weighted by atomic mass is 35.5. The molecule has 140 valence electrons. The van der Waals surface area contributed by atoms with Gasteiger partial charge >= 0.3 is 0 Å². The Hall–Kier alpha value is -2.44. The normalized spacial score (nSPS) is 10.6. The van der Waals surface area contributed by atoms with Crippen LogP contribution in [0.5, 0.6) is 5.88 Å². The summed E-state index contributed by atoms with van der Waals surface area (Å²) in [5.74, 6) is 0.464. The highest BCUT2D eigenvalue weighted by molar-refractivity contribution is 7.13. The molecule has 0 fully saturated rings. The second-order valence-corrected chi connectivity index (χ2v) is 7.16. The molecule has 1 amide bonds. The molecule has 0 aliphatic heterocycles. The van der Waals surface area contributed by atoms with E-state index in [1.165, 1.54) is 11.3 Å². The number of carbonyl (C=O) groups excluding carboxylic acids is 1. The average Bonchev–Trinajstić information content (AvgIpc) is 3.14. The summed E-state index contributed by atoms with van der Waals surface area (Å²) in [5, 5.41) is 6.25. The zero-order chi connectivity index (χ0) is 19.1. The van der Waals surface area contributed by atoms with Crippen molar-refractivity contribution in [3.05, 3.63) is 64.3 Å². The van der Waals surface area contributed by atoms with Crippen molar-refractivity contribution in [3.63, 3.8) is 0 Å². The maximum absolute atomic E-state index is 12.3. The molecule has 3 aromatic rings. The van der Waals surface area contributed by atoms with Crippen LogP contribution in [0, 0.1) is 0 Å². The number of nitrogens with one attached hydrogen (secondary N) is 1. The summed E-state index contributed by atoms with van der Waals surface area (Å²) in [7, 11) is 0. The molecule has 0 unspecified atom stereocenters. The van der Waals surface area contributed by atoms with Gasteiger partial charge in [0, 0.05) is 29.2 Å². The Morgan fingerprint density at radius 3 is 2.93 bits per heavy atom. The molecule has 1 N–H and O–H groups in total. The quantitative estimate of drug-likeness (QED) is 0.603. The number of halogens is 1. The molecule has 0 radical (unpaired) electrons. The van der Waals surface area contributed by atoms with E-state index in [1.807, 2.05) is 48.7 Å². The lowest BCUT2D eigenvalue weighted by molar-refractivity contribution is -0.120. The Bertz CT molecular complexity index is 914. The number of amides is 1. The van der Waals surface area contributed by atoms with Crippen molar-refractivity contribution in [2.75, 3.05) is 6.61 Å². The first-order valence-electron chi connectivity index (χ1n) is 8.70. The number of thiazole rings is 1. The maximum Gasteiger partial charge on any atom is 0.226 e. The van der Waals surface area contributed by atoms with Crippen LogP contribution in [0.3, 0.4) is 0 Å². The van der Waals surface area contributed by atoms with Crippen molar-refractivity contribution in [1.29, 1.82) is 0 Å². The number of ether oxygens (including phenoxy) is 1. The second kappa shape index (κ2) is 9.48. The molecule has 2 heterocycles. The van der Waals surface area contributed by atoms with Gasteiger partial charge in [-0.05, 0) is 18.6 Å². The Balaban J connectivity index is 1.59. The first kappa shape index (κ1) is 19.3. The number of hydrogen-bond donors (Lipinski definition) is 1. The molecule has 1 aromatic carbocycles. The van der Waals surface area contributed by atoms with Crippen molar-refractivity contribution in [2.24, 2.45) is 0 Å². The van der Waals surface area contributed by atoms with Crippen LogP contribution in [0.25, 0.3) is 10.6 Å². The van der Waals surface area contributed by atoms with E-state index in [-0.39, 0.29) is 12.3 Å². The first-order valence-corrected chi connectivity index (χ1v) is 9.96. The Morgan fingerprint density at radius 1 is 1.26 bits per heavy atom. The zero-order valence-electron chi connectivity index (χ0n) is 14.9. The number of pyridine rings is 1. The van der Waals surface area contributed by atoms with E-state index in [2.05, 4.69) is 15.3 Å². The molecular weight excluding hydrogens is 382 g/mol. The van der Waals surface area contributed by atoms with Crippen molar-refractivity contribution in [2.45, 2.75) is 26.3 Å². The van der Waals surface area contributed by atoms with Crippen molar-refractivity contribution in [3.8, 4) is 16.5 Å². The number of carbonyl (C=O) groups is 1. The van der Waals surface area contributed by atoms with Crippen LogP contribution in [0.15, 0.2) is 48.0 Å². The molecule has 27 heavy (non-hydrogen) atoms. The maximum atomic E-state index is 12.3. The topological polar surface area (TPSA) is 64.1 Å². The van der Waals surface area contributed by atoms with Gasteiger partial charge in [-0.15, -0.1) is 11.3 Å². The van der Waals surface area contributed by atoms with Gasteiger partial charge in [-0.3, -0.25) is 4.79 Å². The number of rotatable bonds is 8. The lowest BCUT2D eigenvalue weighted by atomic mass is 10.2. The summed E-state index contributed by atoms with van der Waals surface area (Å²) >= 11 is 7.69. The van der Waals surface area contributed by atoms with Gasteiger partial charge in [-0.2, -0.15) is 0 Å². The van der Waals surface area contributed by atoms with Crippen LogP contribution in [0.2, 0.25) is 5.02 Å². The SMILES string of the molecule is CCCOc1ncccc1CNC(=O)Cc1csc(-c2ccccc2Cl)n1. The van der Waals surface area contributed by atoms with Gasteiger partial charge in [0.05, 0.1) is 23.7 Å². The van der Waals surface area contributed by atoms with Gasteiger partial charge in [0.1, 0.15) is 5.01 Å². The summed E-state index contributed by atoms with van der Waals surface area (Å²) in [6.45, 7) is 3.00. The van der Waals surface area contributed by atoms with Crippen molar-refractivity contribution < 1.29 is 9.53 Å². The van der Waals surface area contributed by atoms with Crippen LogP contribution in [-0.2, 0) is 17.8 Å². The van der Waals surface area contributed by atoms with E-state index in [0.717, 1.165) is 28.2 Å². The number of nitrogens with zero attached hydrogens (tertiary/aromatic N) is 2. The Morgan fingerprint density at radius 2 is 2.11 bits per heavy atom. The van der Waals surface area contributed by atoms with Crippen LogP contribution in [0.1, 0.15) is 24.6 Å². The van der Waals surface area contributed by atoms with E-state index in [4.69, 9.17) is 16.3 Å². The number of benzene rings is 1. The molecule has 7 heteroatoms. The monoisotopic (exact) mass is 401 g/mol. The van der Waals surface area contributed by atoms with Gasteiger partial charge in [-0.25, -0.2) is 9.97 Å². The third-order valence-corrected chi connectivity index (χ3v) is 5.02. The molecule has 3 rings (SSSR count). The average molecular weight is 402 g/mol. The minimum absolute atomic E-state index is 0.101. The number of hydrogen-bond acceptors (Lipinski definition) is 5. The summed E-state index contributed by atoms with van der Waals surface area (Å²) in [6.07, 6.45) is 2.80. The molecule has 0 saturated heterocycles. The predicted molar refractivity (Wildman–Crippen MR) is 108 cm³/mol. The summed E-state index contributed by atoms with van der Waals surface area (Å²) in [4.78, 5) is 21.0. The van der Waals surface area contributed by atoms with Crippen LogP contribution >= 0.6 is 22.9 Å². The lowest BCUT2D eigenvalue weighted by Gasteiger charge is -2.10. The highest BCUT2D eigenvalue weighted by Crippen LogP contribution is 2.30. The van der Waals surface area contributed by atoms with E-state index in [9.17, 15) is 4.79 Å². The third-order valence-electron chi connectivity index (χ3n) is 3.77. The first-order chi connectivity index (χ1) is 13.2.